The van der Waals surface area contributed by atoms with Crippen LogP contribution in [0.25, 0.3) is 0 Å². The second-order valence-electron chi connectivity index (χ2n) is 5.65. The molecule has 1 aliphatic rings. The molecule has 3 rings (SSSR count). The summed E-state index contributed by atoms with van der Waals surface area (Å²) in [5, 5.41) is 4.99. The average Bonchev–Trinajstić information content (AvgIpc) is 3.01. The van der Waals surface area contributed by atoms with Gasteiger partial charge in [0.2, 0.25) is 0 Å². The molecule has 0 unspecified atom stereocenters. The molecule has 0 bridgehead atoms. The smallest absolute Gasteiger partial charge is 0.200 e. The Morgan fingerprint density at radius 2 is 1.79 bits per heavy atom. The first-order valence-corrected chi connectivity index (χ1v) is 9.30. The maximum atomic E-state index is 12.9. The highest BCUT2D eigenvalue weighted by molar-refractivity contribution is 7.89. The van der Waals surface area contributed by atoms with Crippen molar-refractivity contribution in [3.63, 3.8) is 0 Å². The Kier molecular flexibility index (Phi) is 4.47. The van der Waals surface area contributed by atoms with Crippen LogP contribution in [0.3, 0.4) is 0 Å². The summed E-state index contributed by atoms with van der Waals surface area (Å²) in [6.45, 7) is 5.67. The zero-order chi connectivity index (χ0) is 17.3. The molecule has 24 heavy (non-hydrogen) atoms. The topological polar surface area (TPSA) is 49.7 Å². The predicted octanol–water partition coefficient (Wildman–Crippen LogP) is 4.00. The summed E-state index contributed by atoms with van der Waals surface area (Å²) in [5.41, 5.74) is 2.56. The molecule has 0 aliphatic carbocycles. The van der Waals surface area contributed by atoms with Crippen LogP contribution in [-0.4, -0.2) is 24.6 Å². The Morgan fingerprint density at radius 3 is 2.38 bits per heavy atom. The van der Waals surface area contributed by atoms with Gasteiger partial charge in [0.1, 0.15) is 0 Å². The summed E-state index contributed by atoms with van der Waals surface area (Å²) < 4.78 is 26.9. The van der Waals surface area contributed by atoms with Gasteiger partial charge in [-0.2, -0.15) is 17.9 Å². The van der Waals surface area contributed by atoms with Crippen LogP contribution in [0.5, 0.6) is 0 Å². The highest BCUT2D eigenvalue weighted by atomic mass is 35.5. The quantitative estimate of drug-likeness (QED) is 0.774. The highest BCUT2D eigenvalue weighted by Gasteiger charge is 2.34. The van der Waals surface area contributed by atoms with E-state index in [-0.39, 0.29) is 4.90 Å². The van der Waals surface area contributed by atoms with Gasteiger partial charge in [-0.05, 0) is 36.8 Å². The highest BCUT2D eigenvalue weighted by Crippen LogP contribution is 2.28. The number of benzene rings is 2. The normalized spacial score (nSPS) is 17.7. The van der Waals surface area contributed by atoms with E-state index in [9.17, 15) is 8.42 Å². The summed E-state index contributed by atoms with van der Waals surface area (Å²) in [6, 6.07) is 13.5. The summed E-state index contributed by atoms with van der Waals surface area (Å²) >= 11 is 5.91. The standard InChI is InChI=1S/C18H17ClN2O2S/c1-3-16-12-18(14-6-8-15(19)9-7-14)20-21(16)24(22,23)17-10-4-13(2)5-11-17/h3-11,16H,1,12H2,2H3/t16-/m0/s1. The van der Waals surface area contributed by atoms with E-state index in [4.69, 9.17) is 11.6 Å². The van der Waals surface area contributed by atoms with Gasteiger partial charge in [0.25, 0.3) is 10.0 Å². The molecule has 1 atom stereocenters. The van der Waals surface area contributed by atoms with Gasteiger partial charge in [-0.25, -0.2) is 0 Å². The number of sulfonamides is 1. The second-order valence-corrected chi connectivity index (χ2v) is 7.88. The third kappa shape index (κ3) is 3.09. The molecular formula is C18H17ClN2O2S. The Hall–Kier alpha value is -2.11. The summed E-state index contributed by atoms with van der Waals surface area (Å²) in [4.78, 5) is 0.223. The minimum atomic E-state index is -3.72. The third-order valence-corrected chi connectivity index (χ3v) is 5.88. The average molecular weight is 361 g/mol. The zero-order valence-electron chi connectivity index (χ0n) is 13.2. The van der Waals surface area contributed by atoms with Crippen LogP contribution < -0.4 is 0 Å². The monoisotopic (exact) mass is 360 g/mol. The van der Waals surface area contributed by atoms with Crippen molar-refractivity contribution < 1.29 is 8.42 Å². The van der Waals surface area contributed by atoms with Crippen molar-refractivity contribution in [3.8, 4) is 0 Å². The number of halogens is 1. The van der Waals surface area contributed by atoms with E-state index in [0.29, 0.717) is 17.2 Å². The molecular weight excluding hydrogens is 344 g/mol. The number of hydrazone groups is 1. The van der Waals surface area contributed by atoms with Crippen LogP contribution in [0.1, 0.15) is 17.5 Å². The molecule has 0 saturated heterocycles. The van der Waals surface area contributed by atoms with Crippen LogP contribution in [0.4, 0.5) is 0 Å². The summed E-state index contributed by atoms with van der Waals surface area (Å²) in [7, 11) is -3.72. The zero-order valence-corrected chi connectivity index (χ0v) is 14.8. The van der Waals surface area contributed by atoms with Crippen molar-refractivity contribution in [3.05, 3.63) is 77.3 Å². The molecule has 0 aromatic heterocycles. The number of hydrogen-bond donors (Lipinski definition) is 0. The third-order valence-electron chi connectivity index (χ3n) is 3.92. The number of hydrogen-bond acceptors (Lipinski definition) is 3. The minimum Gasteiger partial charge on any atom is -0.200 e. The van der Waals surface area contributed by atoms with E-state index in [1.165, 1.54) is 0 Å². The molecule has 124 valence electrons. The first-order chi connectivity index (χ1) is 11.4. The van der Waals surface area contributed by atoms with E-state index < -0.39 is 16.1 Å². The van der Waals surface area contributed by atoms with Gasteiger partial charge in [-0.15, -0.1) is 6.58 Å². The van der Waals surface area contributed by atoms with Crippen LogP contribution in [0.15, 0.2) is 71.2 Å². The largest absolute Gasteiger partial charge is 0.279 e. The van der Waals surface area contributed by atoms with Crippen LogP contribution in [-0.2, 0) is 10.0 Å². The van der Waals surface area contributed by atoms with E-state index in [2.05, 4.69) is 11.7 Å². The van der Waals surface area contributed by atoms with Gasteiger partial charge in [-0.3, -0.25) is 0 Å². The maximum Gasteiger partial charge on any atom is 0.279 e. The number of rotatable bonds is 4. The van der Waals surface area contributed by atoms with Gasteiger partial charge >= 0.3 is 0 Å². The fourth-order valence-corrected chi connectivity index (χ4v) is 4.10. The van der Waals surface area contributed by atoms with Crippen molar-refractivity contribution in [2.24, 2.45) is 5.10 Å². The van der Waals surface area contributed by atoms with Crippen molar-refractivity contribution in [2.45, 2.75) is 24.3 Å². The van der Waals surface area contributed by atoms with Crippen molar-refractivity contribution in [1.29, 1.82) is 0 Å². The molecule has 4 nitrogen and oxygen atoms in total. The number of nitrogens with zero attached hydrogens (tertiary/aromatic N) is 2. The van der Waals surface area contributed by atoms with Crippen LogP contribution >= 0.6 is 11.6 Å². The molecule has 0 fully saturated rings. The number of aryl methyl sites for hydroxylation is 1. The lowest BCUT2D eigenvalue weighted by atomic mass is 10.0. The second kappa shape index (κ2) is 6.42. The lowest BCUT2D eigenvalue weighted by Crippen LogP contribution is -2.31. The van der Waals surface area contributed by atoms with Crippen LogP contribution in [0.2, 0.25) is 5.02 Å². The molecule has 1 heterocycles. The fraction of sp³-hybridized carbons (Fsp3) is 0.167. The van der Waals surface area contributed by atoms with Gasteiger partial charge in [0, 0.05) is 11.4 Å². The molecule has 0 N–H and O–H groups in total. The van der Waals surface area contributed by atoms with Crippen molar-refractivity contribution in [2.75, 3.05) is 0 Å². The molecule has 0 radical (unpaired) electrons. The Morgan fingerprint density at radius 1 is 1.17 bits per heavy atom. The van der Waals surface area contributed by atoms with E-state index in [1.807, 2.05) is 19.1 Å². The lowest BCUT2D eigenvalue weighted by molar-refractivity contribution is 0.409. The molecule has 1 aliphatic heterocycles. The molecule has 0 spiro atoms. The fourth-order valence-electron chi connectivity index (χ4n) is 2.55. The summed E-state index contributed by atoms with van der Waals surface area (Å²) in [6.07, 6.45) is 2.09. The van der Waals surface area contributed by atoms with E-state index in [1.54, 1.807) is 42.5 Å². The maximum absolute atomic E-state index is 12.9. The SMILES string of the molecule is C=C[C@H]1CC(c2ccc(Cl)cc2)=NN1S(=O)(=O)c1ccc(C)cc1. The molecule has 0 saturated carbocycles. The van der Waals surface area contributed by atoms with Crippen LogP contribution in [0, 0.1) is 6.92 Å². The van der Waals surface area contributed by atoms with E-state index >= 15 is 0 Å². The first kappa shape index (κ1) is 16.7. The summed E-state index contributed by atoms with van der Waals surface area (Å²) in [5.74, 6) is 0. The molecule has 2 aromatic carbocycles. The van der Waals surface area contributed by atoms with Gasteiger partial charge in [-0.1, -0.05) is 47.5 Å². The Bertz CT molecular complexity index is 888. The van der Waals surface area contributed by atoms with E-state index in [0.717, 1.165) is 15.5 Å². The van der Waals surface area contributed by atoms with Gasteiger partial charge in [0.15, 0.2) is 0 Å². The first-order valence-electron chi connectivity index (χ1n) is 7.49. The lowest BCUT2D eigenvalue weighted by Gasteiger charge is -2.20. The molecule has 2 aromatic rings. The Balaban J connectivity index is 2.00. The minimum absolute atomic E-state index is 0.223. The van der Waals surface area contributed by atoms with Crippen molar-refractivity contribution in [1.82, 2.24) is 4.41 Å². The van der Waals surface area contributed by atoms with Gasteiger partial charge in [0.05, 0.1) is 16.6 Å². The molecule has 6 heteroatoms. The Labute approximate surface area is 147 Å². The van der Waals surface area contributed by atoms with Crippen molar-refractivity contribution >= 4 is 27.3 Å². The molecule has 0 amide bonds. The predicted molar refractivity (Wildman–Crippen MR) is 96.8 cm³/mol. The van der Waals surface area contributed by atoms with Gasteiger partial charge < -0.3 is 0 Å².